The van der Waals surface area contributed by atoms with Gasteiger partial charge in [-0.3, -0.25) is 9.78 Å². The molecule has 0 atom stereocenters. The topological polar surface area (TPSA) is 149 Å². The molecule has 0 saturated heterocycles. The molecule has 0 radical (unpaired) electrons. The van der Waals surface area contributed by atoms with Gasteiger partial charge in [0.1, 0.15) is 18.0 Å². The molecule has 0 spiro atoms. The number of aromatic hydroxyl groups is 1. The predicted octanol–water partition coefficient (Wildman–Crippen LogP) is 4.75. The molecule has 0 saturated carbocycles. The summed E-state index contributed by atoms with van der Waals surface area (Å²) in [5.41, 5.74) is 4.60. The molecule has 13 nitrogen and oxygen atoms in total. The fourth-order valence-electron chi connectivity index (χ4n) is 5.10. The average Bonchev–Trinajstić information content (AvgIpc) is 3.09. The van der Waals surface area contributed by atoms with Crippen LogP contribution in [-0.2, 0) is 37.3 Å². The number of hydrogen-bond acceptors (Lipinski definition) is 11. The SMILES string of the molecule is CC(C)(C)OC(=O)N1CCc2ccc(O)nc2C1.COc1ccc(COc2ccc3c(n2)CN(C(=O)c2ccc(OC)nc2)CC3)nc1. The summed E-state index contributed by atoms with van der Waals surface area (Å²) in [7, 11) is 3.14. The van der Waals surface area contributed by atoms with E-state index in [1.807, 2.05) is 51.1 Å². The van der Waals surface area contributed by atoms with Crippen molar-refractivity contribution in [1.29, 1.82) is 0 Å². The Balaban J connectivity index is 0.000000214. The molecular weight excluding hydrogens is 616 g/mol. The molecule has 0 aromatic carbocycles. The maximum Gasteiger partial charge on any atom is 0.410 e. The molecule has 2 aliphatic rings. The van der Waals surface area contributed by atoms with Crippen molar-refractivity contribution in [2.75, 3.05) is 27.3 Å². The van der Waals surface area contributed by atoms with Crippen LogP contribution >= 0.6 is 0 Å². The highest BCUT2D eigenvalue weighted by molar-refractivity contribution is 5.94. The largest absolute Gasteiger partial charge is 0.495 e. The second-order valence-corrected chi connectivity index (χ2v) is 12.2. The minimum absolute atomic E-state index is 0.0141. The summed E-state index contributed by atoms with van der Waals surface area (Å²) < 4.78 is 21.3. The molecule has 4 aromatic rings. The van der Waals surface area contributed by atoms with E-state index >= 15 is 0 Å². The van der Waals surface area contributed by atoms with Crippen molar-refractivity contribution in [1.82, 2.24) is 29.7 Å². The first-order chi connectivity index (χ1) is 23.0. The van der Waals surface area contributed by atoms with Crippen LogP contribution in [0.2, 0.25) is 0 Å². The van der Waals surface area contributed by atoms with E-state index in [0.29, 0.717) is 55.9 Å². The molecule has 2 aliphatic heterocycles. The van der Waals surface area contributed by atoms with Crippen LogP contribution in [0, 0.1) is 0 Å². The molecule has 0 aliphatic carbocycles. The first-order valence-electron chi connectivity index (χ1n) is 15.6. The van der Waals surface area contributed by atoms with Crippen molar-refractivity contribution in [2.45, 2.75) is 58.9 Å². The molecule has 13 heteroatoms. The van der Waals surface area contributed by atoms with Gasteiger partial charge in [0.05, 0.1) is 56.2 Å². The van der Waals surface area contributed by atoms with Gasteiger partial charge in [0, 0.05) is 37.5 Å². The molecule has 0 fully saturated rings. The number of aromatic nitrogens is 4. The summed E-state index contributed by atoms with van der Waals surface area (Å²) in [5, 5.41) is 9.35. The normalized spacial score (nSPS) is 13.7. The minimum atomic E-state index is -0.496. The fourth-order valence-corrected chi connectivity index (χ4v) is 5.10. The van der Waals surface area contributed by atoms with Gasteiger partial charge in [-0.1, -0.05) is 12.1 Å². The maximum atomic E-state index is 12.8. The second kappa shape index (κ2) is 15.0. The Bertz CT molecular complexity index is 1730. The number of pyridine rings is 4. The first-order valence-corrected chi connectivity index (χ1v) is 15.6. The van der Waals surface area contributed by atoms with E-state index in [2.05, 4.69) is 19.9 Å². The van der Waals surface area contributed by atoms with Crippen LogP contribution < -0.4 is 14.2 Å². The Morgan fingerprint density at radius 1 is 0.792 bits per heavy atom. The van der Waals surface area contributed by atoms with E-state index in [-0.39, 0.29) is 17.9 Å². The lowest BCUT2D eigenvalue weighted by Crippen LogP contribution is -2.40. The van der Waals surface area contributed by atoms with Crippen molar-refractivity contribution in [3.8, 4) is 23.4 Å². The number of carbonyl (C=O) groups is 2. The highest BCUT2D eigenvalue weighted by atomic mass is 16.6. The van der Waals surface area contributed by atoms with Crippen molar-refractivity contribution < 1.29 is 33.6 Å². The summed E-state index contributed by atoms with van der Waals surface area (Å²) in [5.74, 6) is 1.59. The number of ether oxygens (including phenoxy) is 4. The number of hydrogen-bond donors (Lipinski definition) is 1. The molecule has 2 amide bonds. The molecule has 48 heavy (non-hydrogen) atoms. The van der Waals surface area contributed by atoms with E-state index < -0.39 is 5.60 Å². The van der Waals surface area contributed by atoms with Crippen molar-refractivity contribution in [3.05, 3.63) is 94.7 Å². The Kier molecular flexibility index (Phi) is 10.6. The molecule has 1 N–H and O–H groups in total. The zero-order valence-corrected chi connectivity index (χ0v) is 27.8. The van der Waals surface area contributed by atoms with Gasteiger partial charge >= 0.3 is 6.09 Å². The summed E-state index contributed by atoms with van der Waals surface area (Å²) >= 11 is 0. The minimum Gasteiger partial charge on any atom is -0.495 e. The lowest BCUT2D eigenvalue weighted by Gasteiger charge is -2.30. The van der Waals surface area contributed by atoms with E-state index in [0.717, 1.165) is 41.1 Å². The highest BCUT2D eigenvalue weighted by Crippen LogP contribution is 2.24. The van der Waals surface area contributed by atoms with Gasteiger partial charge in [-0.2, -0.15) is 0 Å². The maximum absolute atomic E-state index is 12.8. The Hall–Kier alpha value is -5.46. The number of carbonyl (C=O) groups excluding carboxylic acids is 2. The predicted molar refractivity (Wildman–Crippen MR) is 175 cm³/mol. The standard InChI is InChI=1S/C22H22N4O4.C13H18N2O3/c1-28-18-6-5-17(23-12-18)14-30-21-8-3-15-9-10-26(13-19(15)25-21)22(27)16-4-7-20(29-2)24-11-16;1-13(2,3)18-12(17)15-7-6-9-4-5-11(16)14-10(9)8-15/h3-8,11-12H,9-10,13-14H2,1-2H3;4-5H,6-8H2,1-3H3,(H,14,16). The van der Waals surface area contributed by atoms with Crippen molar-refractivity contribution in [3.63, 3.8) is 0 Å². The van der Waals surface area contributed by atoms with Crippen LogP contribution in [0.5, 0.6) is 23.4 Å². The van der Waals surface area contributed by atoms with Crippen molar-refractivity contribution >= 4 is 12.0 Å². The van der Waals surface area contributed by atoms with Gasteiger partial charge < -0.3 is 33.9 Å². The lowest BCUT2D eigenvalue weighted by molar-refractivity contribution is 0.0220. The second-order valence-electron chi connectivity index (χ2n) is 12.2. The molecule has 6 rings (SSSR count). The molecule has 4 aromatic heterocycles. The van der Waals surface area contributed by atoms with Gasteiger partial charge in [0.25, 0.3) is 5.91 Å². The van der Waals surface area contributed by atoms with Crippen LogP contribution in [0.3, 0.4) is 0 Å². The van der Waals surface area contributed by atoms with Crippen LogP contribution in [0.4, 0.5) is 4.79 Å². The quantitative estimate of drug-likeness (QED) is 0.307. The van der Waals surface area contributed by atoms with Gasteiger partial charge in [0.2, 0.25) is 17.6 Å². The third-order valence-electron chi connectivity index (χ3n) is 7.61. The van der Waals surface area contributed by atoms with Crippen LogP contribution in [-0.4, -0.2) is 79.8 Å². The number of rotatable bonds is 6. The third-order valence-corrected chi connectivity index (χ3v) is 7.61. The summed E-state index contributed by atoms with van der Waals surface area (Å²) in [4.78, 5) is 45.2. The third kappa shape index (κ3) is 8.87. The van der Waals surface area contributed by atoms with Gasteiger partial charge in [-0.25, -0.2) is 19.7 Å². The Labute approximate surface area is 279 Å². The number of nitrogens with zero attached hydrogens (tertiary/aromatic N) is 6. The number of amides is 2. The van der Waals surface area contributed by atoms with E-state index in [4.69, 9.17) is 18.9 Å². The van der Waals surface area contributed by atoms with Gasteiger partial charge in [-0.15, -0.1) is 0 Å². The smallest absolute Gasteiger partial charge is 0.410 e. The highest BCUT2D eigenvalue weighted by Gasteiger charge is 2.27. The van der Waals surface area contributed by atoms with E-state index in [9.17, 15) is 14.7 Å². The molecule has 252 valence electrons. The summed E-state index contributed by atoms with van der Waals surface area (Å²) in [6.45, 7) is 7.89. The zero-order chi connectivity index (χ0) is 34.3. The average molecular weight is 657 g/mol. The zero-order valence-electron chi connectivity index (χ0n) is 27.8. The van der Waals surface area contributed by atoms with Crippen molar-refractivity contribution in [2.24, 2.45) is 0 Å². The summed E-state index contributed by atoms with van der Waals surface area (Å²) in [6, 6.07) is 14.4. The first kappa shape index (κ1) is 33.9. The summed E-state index contributed by atoms with van der Waals surface area (Å²) in [6.07, 6.45) is 4.33. The molecular formula is C35H40N6O7. The van der Waals surface area contributed by atoms with Crippen LogP contribution in [0.15, 0.2) is 60.9 Å². The fraction of sp³-hybridized carbons (Fsp3) is 0.371. The Morgan fingerprint density at radius 3 is 2.12 bits per heavy atom. The van der Waals surface area contributed by atoms with Gasteiger partial charge in [-0.05, 0) is 62.9 Å². The van der Waals surface area contributed by atoms with E-state index in [1.165, 1.54) is 6.20 Å². The molecule has 0 bridgehead atoms. The molecule has 6 heterocycles. The lowest BCUT2D eigenvalue weighted by atomic mass is 10.0. The monoisotopic (exact) mass is 656 g/mol. The molecule has 0 unspecified atom stereocenters. The van der Waals surface area contributed by atoms with Crippen LogP contribution in [0.1, 0.15) is 59.3 Å². The number of methoxy groups -OCH3 is 2. The van der Waals surface area contributed by atoms with Gasteiger partial charge in [0.15, 0.2) is 0 Å². The Morgan fingerprint density at radius 2 is 1.48 bits per heavy atom. The van der Waals surface area contributed by atoms with Crippen LogP contribution in [0.25, 0.3) is 0 Å². The van der Waals surface area contributed by atoms with E-state index in [1.54, 1.807) is 48.4 Å². The number of fused-ring (bicyclic) bond motifs is 2.